The van der Waals surface area contributed by atoms with Crippen molar-refractivity contribution < 1.29 is 27.9 Å². The molecule has 0 aliphatic carbocycles. The molecule has 1 rings (SSSR count). The normalized spacial score (nSPS) is 12.9. The van der Waals surface area contributed by atoms with Crippen molar-refractivity contribution in [3.05, 3.63) is 41.5 Å². The number of nitrogens with one attached hydrogen (secondary N) is 1. The van der Waals surface area contributed by atoms with Crippen LogP contribution in [0, 0.1) is 0 Å². The van der Waals surface area contributed by atoms with E-state index in [-0.39, 0.29) is 18.4 Å². The van der Waals surface area contributed by atoms with Crippen molar-refractivity contribution in [3.63, 3.8) is 0 Å². The number of carbonyl (C=O) groups is 2. The smallest absolute Gasteiger partial charge is 0.416 e. The SMILES string of the molecule is CC(CC(=O)O)NC(=O)CCCCCCCC=Cc1ccc(C(F)(F)F)cc1. The highest BCUT2D eigenvalue weighted by Gasteiger charge is 2.29. The average molecular weight is 399 g/mol. The van der Waals surface area contributed by atoms with E-state index in [0.29, 0.717) is 6.42 Å². The third kappa shape index (κ3) is 10.7. The Balaban J connectivity index is 2.08. The number of allylic oxidation sites excluding steroid dienone is 1. The summed E-state index contributed by atoms with van der Waals surface area (Å²) in [7, 11) is 0. The fourth-order valence-corrected chi connectivity index (χ4v) is 2.74. The zero-order valence-electron chi connectivity index (χ0n) is 16.1. The zero-order valence-corrected chi connectivity index (χ0v) is 16.1. The summed E-state index contributed by atoms with van der Waals surface area (Å²) in [4.78, 5) is 22.2. The van der Waals surface area contributed by atoms with Gasteiger partial charge in [-0.05, 0) is 43.9 Å². The summed E-state index contributed by atoms with van der Waals surface area (Å²) in [6.45, 7) is 1.67. The van der Waals surface area contributed by atoms with E-state index in [2.05, 4.69) is 5.32 Å². The highest BCUT2D eigenvalue weighted by Crippen LogP contribution is 2.29. The summed E-state index contributed by atoms with van der Waals surface area (Å²) in [6.07, 6.45) is 5.37. The number of carboxylic acid groups (broad SMARTS) is 1. The molecule has 156 valence electrons. The molecule has 0 spiro atoms. The second-order valence-electron chi connectivity index (χ2n) is 6.90. The summed E-state index contributed by atoms with van der Waals surface area (Å²) in [5.74, 6) is -1.05. The van der Waals surface area contributed by atoms with Gasteiger partial charge in [0.1, 0.15) is 0 Å². The molecule has 0 heterocycles. The number of alkyl halides is 3. The van der Waals surface area contributed by atoms with Crippen molar-refractivity contribution in [1.29, 1.82) is 0 Å². The number of halogens is 3. The first kappa shape index (κ1) is 23.7. The van der Waals surface area contributed by atoms with Crippen LogP contribution >= 0.6 is 0 Å². The van der Waals surface area contributed by atoms with Crippen LogP contribution in [-0.4, -0.2) is 23.0 Å². The number of rotatable bonds is 12. The van der Waals surface area contributed by atoms with Crippen molar-refractivity contribution in [2.24, 2.45) is 0 Å². The highest BCUT2D eigenvalue weighted by atomic mass is 19.4. The van der Waals surface area contributed by atoms with E-state index >= 15 is 0 Å². The van der Waals surface area contributed by atoms with E-state index < -0.39 is 17.7 Å². The Labute approximate surface area is 163 Å². The lowest BCUT2D eigenvalue weighted by atomic mass is 10.1. The van der Waals surface area contributed by atoms with Gasteiger partial charge in [-0.1, -0.05) is 43.5 Å². The second kappa shape index (κ2) is 12.2. The second-order valence-corrected chi connectivity index (χ2v) is 6.90. The van der Waals surface area contributed by atoms with Crippen molar-refractivity contribution in [3.8, 4) is 0 Å². The van der Waals surface area contributed by atoms with E-state index in [9.17, 15) is 22.8 Å². The molecule has 0 fully saturated rings. The summed E-state index contributed by atoms with van der Waals surface area (Å²) < 4.78 is 37.4. The van der Waals surface area contributed by atoms with Gasteiger partial charge in [0.25, 0.3) is 0 Å². The van der Waals surface area contributed by atoms with Gasteiger partial charge in [0.2, 0.25) is 5.91 Å². The Morgan fingerprint density at radius 3 is 2.29 bits per heavy atom. The molecule has 1 amide bonds. The van der Waals surface area contributed by atoms with Gasteiger partial charge in [-0.25, -0.2) is 0 Å². The number of carboxylic acids is 1. The fourth-order valence-electron chi connectivity index (χ4n) is 2.74. The van der Waals surface area contributed by atoms with Crippen molar-refractivity contribution >= 4 is 18.0 Å². The molecule has 0 aliphatic rings. The van der Waals surface area contributed by atoms with Crippen molar-refractivity contribution in [1.82, 2.24) is 5.32 Å². The van der Waals surface area contributed by atoms with Gasteiger partial charge < -0.3 is 10.4 Å². The molecular formula is C21H28F3NO3. The quantitative estimate of drug-likeness (QED) is 0.461. The molecule has 2 N–H and O–H groups in total. The van der Waals surface area contributed by atoms with Crippen LogP contribution in [-0.2, 0) is 15.8 Å². The molecule has 0 aromatic heterocycles. The first-order valence-corrected chi connectivity index (χ1v) is 9.53. The number of carbonyl (C=O) groups excluding carboxylic acids is 1. The molecule has 0 radical (unpaired) electrons. The molecule has 28 heavy (non-hydrogen) atoms. The van der Waals surface area contributed by atoms with Crippen LogP contribution in [0.25, 0.3) is 6.08 Å². The van der Waals surface area contributed by atoms with Crippen molar-refractivity contribution in [2.45, 2.75) is 70.5 Å². The minimum atomic E-state index is -4.31. The molecule has 4 nitrogen and oxygen atoms in total. The molecular weight excluding hydrogens is 371 g/mol. The van der Waals surface area contributed by atoms with Crippen LogP contribution in [0.1, 0.15) is 69.4 Å². The van der Waals surface area contributed by atoms with Crippen LogP contribution in [0.4, 0.5) is 13.2 Å². The minimum Gasteiger partial charge on any atom is -0.481 e. The number of benzene rings is 1. The molecule has 1 unspecified atom stereocenters. The molecule has 0 saturated carbocycles. The lowest BCUT2D eigenvalue weighted by molar-refractivity contribution is -0.138. The number of aliphatic carboxylic acids is 1. The summed E-state index contributed by atoms with van der Waals surface area (Å²) in [5.41, 5.74) is 0.103. The van der Waals surface area contributed by atoms with Gasteiger partial charge in [-0.2, -0.15) is 13.2 Å². The fraction of sp³-hybridized carbons (Fsp3) is 0.524. The van der Waals surface area contributed by atoms with Gasteiger partial charge in [0.05, 0.1) is 12.0 Å². The molecule has 0 saturated heterocycles. The first-order chi connectivity index (χ1) is 13.2. The predicted octanol–water partition coefficient (Wildman–Crippen LogP) is 5.43. The Bertz CT molecular complexity index is 639. The molecule has 0 bridgehead atoms. The first-order valence-electron chi connectivity index (χ1n) is 9.53. The lowest BCUT2D eigenvalue weighted by Gasteiger charge is -2.11. The number of amides is 1. The summed E-state index contributed by atoms with van der Waals surface area (Å²) in [5, 5.41) is 11.3. The Morgan fingerprint density at radius 2 is 1.68 bits per heavy atom. The Morgan fingerprint density at radius 1 is 1.07 bits per heavy atom. The maximum Gasteiger partial charge on any atom is 0.416 e. The average Bonchev–Trinajstić information content (AvgIpc) is 2.59. The number of hydrogen-bond acceptors (Lipinski definition) is 2. The van der Waals surface area contributed by atoms with E-state index in [4.69, 9.17) is 5.11 Å². The molecule has 1 atom stereocenters. The topological polar surface area (TPSA) is 66.4 Å². The van der Waals surface area contributed by atoms with Crippen LogP contribution in [0.2, 0.25) is 0 Å². The van der Waals surface area contributed by atoms with Crippen LogP contribution in [0.3, 0.4) is 0 Å². The van der Waals surface area contributed by atoms with Gasteiger partial charge in [-0.15, -0.1) is 0 Å². The molecule has 0 aliphatic heterocycles. The van der Waals surface area contributed by atoms with E-state index in [1.165, 1.54) is 12.1 Å². The van der Waals surface area contributed by atoms with Crippen LogP contribution in [0.15, 0.2) is 30.3 Å². The lowest BCUT2D eigenvalue weighted by Crippen LogP contribution is -2.33. The van der Waals surface area contributed by atoms with Crippen LogP contribution < -0.4 is 5.32 Å². The predicted molar refractivity (Wildman–Crippen MR) is 103 cm³/mol. The highest BCUT2D eigenvalue weighted by molar-refractivity contribution is 5.77. The van der Waals surface area contributed by atoms with Gasteiger partial charge >= 0.3 is 12.1 Å². The van der Waals surface area contributed by atoms with E-state index in [1.54, 1.807) is 6.92 Å². The maximum absolute atomic E-state index is 12.5. The molecule has 1 aromatic rings. The largest absolute Gasteiger partial charge is 0.481 e. The standard InChI is InChI=1S/C21H28F3NO3/c1-16(15-20(27)28)25-19(26)10-8-6-4-2-3-5-7-9-17-11-13-18(14-12-17)21(22,23)24/h7,9,11-14,16H,2-6,8,10,15H2,1H3,(H,25,26)(H,27,28). The van der Waals surface area contributed by atoms with Gasteiger partial charge in [0, 0.05) is 12.5 Å². The number of hydrogen-bond donors (Lipinski definition) is 2. The van der Waals surface area contributed by atoms with Gasteiger partial charge in [-0.3, -0.25) is 9.59 Å². The maximum atomic E-state index is 12.5. The monoisotopic (exact) mass is 399 g/mol. The Kier molecular flexibility index (Phi) is 10.3. The Hall–Kier alpha value is -2.31. The zero-order chi connectivity index (χ0) is 21.0. The minimum absolute atomic E-state index is 0.0776. The summed E-state index contributed by atoms with van der Waals surface area (Å²) >= 11 is 0. The summed E-state index contributed by atoms with van der Waals surface area (Å²) in [6, 6.07) is 4.72. The molecule has 1 aromatic carbocycles. The third-order valence-corrected chi connectivity index (χ3v) is 4.21. The molecule has 7 heteroatoms. The third-order valence-electron chi connectivity index (χ3n) is 4.21. The number of unbranched alkanes of at least 4 members (excludes halogenated alkanes) is 5. The van der Waals surface area contributed by atoms with Crippen molar-refractivity contribution in [2.75, 3.05) is 0 Å². The van der Waals surface area contributed by atoms with Crippen LogP contribution in [0.5, 0.6) is 0 Å². The van der Waals surface area contributed by atoms with E-state index in [0.717, 1.165) is 56.2 Å². The van der Waals surface area contributed by atoms with E-state index in [1.807, 2.05) is 12.2 Å². The van der Waals surface area contributed by atoms with Gasteiger partial charge in [0.15, 0.2) is 0 Å².